The van der Waals surface area contributed by atoms with Gasteiger partial charge in [-0.25, -0.2) is 0 Å². The molecular formula is C10H16ClNO3. The molecule has 15 heavy (non-hydrogen) atoms. The number of aromatic hydroxyl groups is 1. The number of phenols is 1. The summed E-state index contributed by atoms with van der Waals surface area (Å²) in [4.78, 5) is 0. The lowest BCUT2D eigenvalue weighted by molar-refractivity contribution is 0.275. The maximum absolute atomic E-state index is 9.58. The molecule has 0 heterocycles. The number of methoxy groups -OCH3 is 1. The standard InChI is InChI=1S/C10H15NO3.ClH/c1-14-7-2-3-8(10(13)6-7)9(11)4-5-12;/h2-3,6,9,12-13H,4-5,11H2,1H3;1H/t9-;/m0./s1. The topological polar surface area (TPSA) is 75.7 Å². The van der Waals surface area contributed by atoms with E-state index in [2.05, 4.69) is 0 Å². The molecule has 5 heteroatoms. The maximum atomic E-state index is 9.58. The highest BCUT2D eigenvalue weighted by Gasteiger charge is 2.10. The Kier molecular flexibility index (Phi) is 6.08. The highest BCUT2D eigenvalue weighted by Crippen LogP contribution is 2.28. The molecule has 0 aliphatic carbocycles. The molecule has 0 amide bonds. The summed E-state index contributed by atoms with van der Waals surface area (Å²) in [6, 6.07) is 4.60. The zero-order valence-corrected chi connectivity index (χ0v) is 9.33. The van der Waals surface area contributed by atoms with Gasteiger partial charge in [-0.3, -0.25) is 0 Å². The summed E-state index contributed by atoms with van der Waals surface area (Å²) in [7, 11) is 1.53. The van der Waals surface area contributed by atoms with Crippen molar-refractivity contribution in [3.05, 3.63) is 23.8 Å². The summed E-state index contributed by atoms with van der Waals surface area (Å²) >= 11 is 0. The predicted molar refractivity (Wildman–Crippen MR) is 60.5 cm³/mol. The molecule has 1 aromatic rings. The molecule has 0 saturated carbocycles. The Morgan fingerprint density at radius 1 is 1.47 bits per heavy atom. The van der Waals surface area contributed by atoms with Gasteiger partial charge in [0.2, 0.25) is 0 Å². The first kappa shape index (κ1) is 14.0. The number of halogens is 1. The smallest absolute Gasteiger partial charge is 0.124 e. The minimum Gasteiger partial charge on any atom is -0.507 e. The van der Waals surface area contributed by atoms with Gasteiger partial charge in [-0.05, 0) is 12.5 Å². The number of phenolic OH excluding ortho intramolecular Hbond substituents is 1. The van der Waals surface area contributed by atoms with Gasteiger partial charge in [-0.15, -0.1) is 12.4 Å². The van der Waals surface area contributed by atoms with Crippen LogP contribution < -0.4 is 10.5 Å². The Hall–Kier alpha value is -0.970. The van der Waals surface area contributed by atoms with Gasteiger partial charge >= 0.3 is 0 Å². The molecule has 86 valence electrons. The summed E-state index contributed by atoms with van der Waals surface area (Å²) in [6.45, 7) is 0.00658. The predicted octanol–water partition coefficient (Wildman–Crippen LogP) is 1.20. The zero-order valence-electron chi connectivity index (χ0n) is 8.51. The largest absolute Gasteiger partial charge is 0.507 e. The molecule has 0 fully saturated rings. The van der Waals surface area contributed by atoms with Crippen molar-refractivity contribution >= 4 is 12.4 Å². The van der Waals surface area contributed by atoms with E-state index in [0.717, 1.165) is 0 Å². The lowest BCUT2D eigenvalue weighted by Crippen LogP contribution is -2.12. The Bertz CT molecular complexity index is 307. The number of aliphatic hydroxyl groups excluding tert-OH is 1. The second-order valence-electron chi connectivity index (χ2n) is 3.04. The Morgan fingerprint density at radius 3 is 2.60 bits per heavy atom. The van der Waals surface area contributed by atoms with Crippen molar-refractivity contribution in [2.75, 3.05) is 13.7 Å². The number of hydrogen-bond acceptors (Lipinski definition) is 4. The van der Waals surface area contributed by atoms with Crippen LogP contribution in [0.25, 0.3) is 0 Å². The molecule has 0 aliphatic heterocycles. The van der Waals surface area contributed by atoms with Crippen molar-refractivity contribution in [3.63, 3.8) is 0 Å². The third-order valence-corrected chi connectivity index (χ3v) is 2.08. The fourth-order valence-corrected chi connectivity index (χ4v) is 1.26. The number of ether oxygens (including phenoxy) is 1. The third kappa shape index (κ3) is 3.58. The van der Waals surface area contributed by atoms with Crippen molar-refractivity contribution in [3.8, 4) is 11.5 Å². The second-order valence-corrected chi connectivity index (χ2v) is 3.04. The van der Waals surface area contributed by atoms with Crippen LogP contribution in [0.1, 0.15) is 18.0 Å². The first-order valence-corrected chi connectivity index (χ1v) is 4.42. The molecule has 0 saturated heterocycles. The van der Waals surface area contributed by atoms with Crippen molar-refractivity contribution in [1.82, 2.24) is 0 Å². The van der Waals surface area contributed by atoms with E-state index in [4.69, 9.17) is 15.6 Å². The average Bonchev–Trinajstić information content (AvgIpc) is 2.17. The van der Waals surface area contributed by atoms with Crippen LogP contribution in [0.5, 0.6) is 11.5 Å². The minimum atomic E-state index is -0.342. The van der Waals surface area contributed by atoms with Gasteiger partial charge in [-0.2, -0.15) is 0 Å². The lowest BCUT2D eigenvalue weighted by Gasteiger charge is -2.12. The van der Waals surface area contributed by atoms with Crippen LogP contribution in [0.2, 0.25) is 0 Å². The normalized spacial score (nSPS) is 11.7. The van der Waals surface area contributed by atoms with Gasteiger partial charge in [0, 0.05) is 24.3 Å². The van der Waals surface area contributed by atoms with Gasteiger partial charge in [0.15, 0.2) is 0 Å². The Morgan fingerprint density at radius 2 is 2.13 bits per heavy atom. The van der Waals surface area contributed by atoms with Gasteiger partial charge < -0.3 is 20.7 Å². The van der Waals surface area contributed by atoms with Crippen molar-refractivity contribution < 1.29 is 14.9 Å². The molecule has 0 spiro atoms. The van der Waals surface area contributed by atoms with E-state index in [1.54, 1.807) is 12.1 Å². The molecule has 4 nitrogen and oxygen atoms in total. The van der Waals surface area contributed by atoms with Crippen LogP contribution in [0.3, 0.4) is 0 Å². The van der Waals surface area contributed by atoms with Gasteiger partial charge in [0.05, 0.1) is 7.11 Å². The number of hydrogen-bond donors (Lipinski definition) is 3. The highest BCUT2D eigenvalue weighted by atomic mass is 35.5. The molecule has 0 bridgehead atoms. The van der Waals surface area contributed by atoms with E-state index in [1.807, 2.05) is 0 Å². The molecule has 1 rings (SSSR count). The molecule has 1 atom stereocenters. The van der Waals surface area contributed by atoms with Gasteiger partial charge in [0.1, 0.15) is 11.5 Å². The fourth-order valence-electron chi connectivity index (χ4n) is 1.26. The second kappa shape index (κ2) is 6.50. The van der Waals surface area contributed by atoms with Crippen LogP contribution in [-0.4, -0.2) is 23.9 Å². The molecule has 4 N–H and O–H groups in total. The maximum Gasteiger partial charge on any atom is 0.124 e. The van der Waals surface area contributed by atoms with E-state index in [9.17, 15) is 5.11 Å². The number of aliphatic hydroxyl groups is 1. The van der Waals surface area contributed by atoms with E-state index in [1.165, 1.54) is 13.2 Å². The van der Waals surface area contributed by atoms with E-state index in [-0.39, 0.29) is 30.8 Å². The van der Waals surface area contributed by atoms with E-state index >= 15 is 0 Å². The van der Waals surface area contributed by atoms with E-state index in [0.29, 0.717) is 17.7 Å². The van der Waals surface area contributed by atoms with Gasteiger partial charge in [0.25, 0.3) is 0 Å². The minimum absolute atomic E-state index is 0. The SMILES string of the molecule is COc1ccc([C@@H](N)CCO)c(O)c1.Cl. The Labute approximate surface area is 95.1 Å². The molecule has 0 unspecified atom stereocenters. The van der Waals surface area contributed by atoms with Crippen LogP contribution in [0.4, 0.5) is 0 Å². The lowest BCUT2D eigenvalue weighted by atomic mass is 10.0. The van der Waals surface area contributed by atoms with Crippen molar-refractivity contribution in [2.45, 2.75) is 12.5 Å². The first-order chi connectivity index (χ1) is 6.69. The first-order valence-electron chi connectivity index (χ1n) is 4.42. The van der Waals surface area contributed by atoms with Crippen LogP contribution in [0, 0.1) is 0 Å². The van der Waals surface area contributed by atoms with Gasteiger partial charge in [-0.1, -0.05) is 6.07 Å². The quantitative estimate of drug-likeness (QED) is 0.731. The molecule has 0 aromatic heterocycles. The van der Waals surface area contributed by atoms with E-state index < -0.39 is 0 Å². The monoisotopic (exact) mass is 233 g/mol. The molecular weight excluding hydrogens is 218 g/mol. The van der Waals surface area contributed by atoms with Crippen LogP contribution in [0.15, 0.2) is 18.2 Å². The van der Waals surface area contributed by atoms with Crippen molar-refractivity contribution in [1.29, 1.82) is 0 Å². The fraction of sp³-hybridized carbons (Fsp3) is 0.400. The molecule has 0 aliphatic rings. The number of rotatable bonds is 4. The summed E-state index contributed by atoms with van der Waals surface area (Å²) in [6.07, 6.45) is 0.430. The summed E-state index contributed by atoms with van der Waals surface area (Å²) < 4.78 is 4.94. The summed E-state index contributed by atoms with van der Waals surface area (Å²) in [5.41, 5.74) is 6.36. The zero-order chi connectivity index (χ0) is 10.6. The average molecular weight is 234 g/mol. The highest BCUT2D eigenvalue weighted by molar-refractivity contribution is 5.85. The molecule has 1 aromatic carbocycles. The number of nitrogens with two attached hydrogens (primary N) is 1. The van der Waals surface area contributed by atoms with Crippen LogP contribution in [-0.2, 0) is 0 Å². The van der Waals surface area contributed by atoms with Crippen LogP contribution >= 0.6 is 12.4 Å². The summed E-state index contributed by atoms with van der Waals surface area (Å²) in [5.74, 6) is 0.688. The molecule has 0 radical (unpaired) electrons. The Balaban J connectivity index is 0.00000196. The third-order valence-electron chi connectivity index (χ3n) is 2.08. The number of benzene rings is 1. The summed E-state index contributed by atoms with van der Waals surface area (Å²) in [5, 5.41) is 18.3. The van der Waals surface area contributed by atoms with Crippen molar-refractivity contribution in [2.24, 2.45) is 5.73 Å².